The Morgan fingerprint density at radius 1 is 1.04 bits per heavy atom. The zero-order chi connectivity index (χ0) is 18.4. The molecule has 0 fully saturated rings. The second-order valence-corrected chi connectivity index (χ2v) is 5.80. The van der Waals surface area contributed by atoms with Gasteiger partial charge < -0.3 is 10.1 Å². The van der Waals surface area contributed by atoms with Gasteiger partial charge in [-0.3, -0.25) is 9.59 Å². The van der Waals surface area contributed by atoms with Crippen LogP contribution in [0.1, 0.15) is 10.5 Å². The molecule has 0 bridgehead atoms. The highest BCUT2D eigenvalue weighted by Crippen LogP contribution is 2.15. The summed E-state index contributed by atoms with van der Waals surface area (Å²) < 4.78 is 6.70. The maximum absolute atomic E-state index is 12.2. The van der Waals surface area contributed by atoms with E-state index in [0.29, 0.717) is 29.6 Å². The number of rotatable bonds is 6. The van der Waals surface area contributed by atoms with Gasteiger partial charge >= 0.3 is 0 Å². The molecule has 6 nitrogen and oxygen atoms in total. The van der Waals surface area contributed by atoms with E-state index in [1.807, 2.05) is 6.07 Å². The van der Waals surface area contributed by atoms with Gasteiger partial charge in [-0.25, -0.2) is 0 Å². The van der Waals surface area contributed by atoms with Crippen molar-refractivity contribution in [1.29, 1.82) is 0 Å². The van der Waals surface area contributed by atoms with Gasteiger partial charge in [0.1, 0.15) is 18.1 Å². The molecular formula is C19H16ClN3O3. The molecule has 0 aliphatic heterocycles. The van der Waals surface area contributed by atoms with Gasteiger partial charge in [-0.15, -0.1) is 0 Å². The van der Waals surface area contributed by atoms with Crippen LogP contribution in [0.4, 0.5) is 0 Å². The predicted octanol–water partition coefficient (Wildman–Crippen LogP) is 2.69. The van der Waals surface area contributed by atoms with Gasteiger partial charge in [0.2, 0.25) is 0 Å². The number of hydrogen-bond donors (Lipinski definition) is 1. The first-order valence-electron chi connectivity index (χ1n) is 7.96. The van der Waals surface area contributed by atoms with E-state index in [-0.39, 0.29) is 17.2 Å². The Balaban J connectivity index is 1.59. The Hall–Kier alpha value is -3.12. The molecule has 0 aliphatic carbocycles. The Labute approximate surface area is 155 Å². The molecule has 0 atom stereocenters. The second-order valence-electron chi connectivity index (χ2n) is 5.36. The quantitative estimate of drug-likeness (QED) is 0.678. The third-order valence-electron chi connectivity index (χ3n) is 3.50. The number of carbonyl (C=O) groups excluding carboxylic acids is 1. The van der Waals surface area contributed by atoms with E-state index in [9.17, 15) is 9.59 Å². The average Bonchev–Trinajstić information content (AvgIpc) is 2.67. The van der Waals surface area contributed by atoms with Crippen molar-refractivity contribution in [2.24, 2.45) is 0 Å². The number of amides is 1. The molecule has 0 aliphatic rings. The van der Waals surface area contributed by atoms with Crippen LogP contribution in [0.5, 0.6) is 5.75 Å². The summed E-state index contributed by atoms with van der Waals surface area (Å²) in [5.41, 5.74) is 0.442. The molecule has 0 saturated carbocycles. The molecule has 1 heterocycles. The van der Waals surface area contributed by atoms with Crippen molar-refractivity contribution >= 4 is 17.5 Å². The Morgan fingerprint density at radius 3 is 2.50 bits per heavy atom. The number of nitrogens with zero attached hydrogens (tertiary/aromatic N) is 2. The lowest BCUT2D eigenvalue weighted by Crippen LogP contribution is -2.31. The van der Waals surface area contributed by atoms with Crippen LogP contribution in [0, 0.1) is 0 Å². The highest BCUT2D eigenvalue weighted by atomic mass is 35.5. The lowest BCUT2D eigenvalue weighted by molar-refractivity contribution is 0.0940. The minimum Gasteiger partial charge on any atom is -0.492 e. The number of halogens is 1. The largest absolute Gasteiger partial charge is 0.492 e. The first-order valence-corrected chi connectivity index (χ1v) is 8.34. The summed E-state index contributed by atoms with van der Waals surface area (Å²) in [7, 11) is 0. The minimum atomic E-state index is -0.380. The van der Waals surface area contributed by atoms with E-state index in [1.54, 1.807) is 48.5 Å². The number of para-hydroxylation sites is 1. The summed E-state index contributed by atoms with van der Waals surface area (Å²) in [5.74, 6) is 0.286. The van der Waals surface area contributed by atoms with Crippen molar-refractivity contribution in [3.8, 4) is 11.4 Å². The topological polar surface area (TPSA) is 73.2 Å². The molecule has 132 valence electrons. The fourth-order valence-electron chi connectivity index (χ4n) is 2.24. The fraction of sp³-hybridized carbons (Fsp3) is 0.105. The van der Waals surface area contributed by atoms with Gasteiger partial charge in [-0.2, -0.15) is 9.78 Å². The monoisotopic (exact) mass is 369 g/mol. The zero-order valence-electron chi connectivity index (χ0n) is 13.8. The Bertz CT molecular complexity index is 940. The molecule has 0 unspecified atom stereocenters. The van der Waals surface area contributed by atoms with Crippen LogP contribution >= 0.6 is 11.6 Å². The van der Waals surface area contributed by atoms with Crippen LogP contribution < -0.4 is 15.6 Å². The van der Waals surface area contributed by atoms with Crippen LogP contribution in [0.25, 0.3) is 5.69 Å². The number of ether oxygens (including phenoxy) is 1. The molecule has 26 heavy (non-hydrogen) atoms. The summed E-state index contributed by atoms with van der Waals surface area (Å²) in [4.78, 5) is 24.2. The molecule has 2 aromatic carbocycles. The molecule has 0 radical (unpaired) electrons. The van der Waals surface area contributed by atoms with Crippen molar-refractivity contribution < 1.29 is 9.53 Å². The number of benzene rings is 2. The number of hydrogen-bond acceptors (Lipinski definition) is 4. The third-order valence-corrected chi connectivity index (χ3v) is 3.76. The lowest BCUT2D eigenvalue weighted by Gasteiger charge is -2.09. The summed E-state index contributed by atoms with van der Waals surface area (Å²) in [6.45, 7) is 0.597. The summed E-state index contributed by atoms with van der Waals surface area (Å²) in [6, 6.07) is 18.6. The Morgan fingerprint density at radius 2 is 1.77 bits per heavy atom. The maximum atomic E-state index is 12.2. The molecule has 3 aromatic rings. The van der Waals surface area contributed by atoms with Gasteiger partial charge in [0.25, 0.3) is 11.5 Å². The highest BCUT2D eigenvalue weighted by Gasteiger charge is 2.10. The molecular weight excluding hydrogens is 354 g/mol. The second kappa shape index (κ2) is 8.31. The van der Waals surface area contributed by atoms with Crippen molar-refractivity contribution in [3.05, 3.63) is 87.8 Å². The van der Waals surface area contributed by atoms with E-state index >= 15 is 0 Å². The predicted molar refractivity (Wildman–Crippen MR) is 99.1 cm³/mol. The van der Waals surface area contributed by atoms with Crippen molar-refractivity contribution in [1.82, 2.24) is 15.1 Å². The number of aromatic nitrogens is 2. The van der Waals surface area contributed by atoms with Gasteiger partial charge in [-0.05, 0) is 42.5 Å². The molecule has 3 rings (SSSR count). The van der Waals surface area contributed by atoms with Crippen LogP contribution in [0.15, 0.2) is 71.5 Å². The van der Waals surface area contributed by atoms with Crippen LogP contribution in [0.2, 0.25) is 5.02 Å². The highest BCUT2D eigenvalue weighted by molar-refractivity contribution is 6.30. The first kappa shape index (κ1) is 17.7. The third kappa shape index (κ3) is 4.49. The van der Waals surface area contributed by atoms with Crippen molar-refractivity contribution in [2.75, 3.05) is 13.2 Å². The molecule has 1 amide bonds. The fourth-order valence-corrected chi connectivity index (χ4v) is 2.37. The summed E-state index contributed by atoms with van der Waals surface area (Å²) in [5, 5.41) is 7.47. The van der Waals surface area contributed by atoms with E-state index in [0.717, 1.165) is 0 Å². The average molecular weight is 370 g/mol. The van der Waals surface area contributed by atoms with E-state index in [4.69, 9.17) is 16.3 Å². The number of carbonyl (C=O) groups is 1. The van der Waals surface area contributed by atoms with Gasteiger partial charge in [0.05, 0.1) is 12.2 Å². The van der Waals surface area contributed by atoms with Crippen LogP contribution in [-0.4, -0.2) is 28.8 Å². The zero-order valence-corrected chi connectivity index (χ0v) is 14.5. The molecule has 0 spiro atoms. The minimum absolute atomic E-state index is 0.153. The Kier molecular flexibility index (Phi) is 5.66. The first-order chi connectivity index (χ1) is 12.6. The number of nitrogens with one attached hydrogen (secondary N) is 1. The van der Waals surface area contributed by atoms with E-state index < -0.39 is 0 Å². The van der Waals surface area contributed by atoms with Crippen LogP contribution in [0.3, 0.4) is 0 Å². The standard InChI is InChI=1S/C19H16ClN3O3/c20-14-6-8-16(9-7-14)26-13-12-21-19(25)17-10-11-18(24)23(22-17)15-4-2-1-3-5-15/h1-11H,12-13H2,(H,21,25). The molecule has 0 saturated heterocycles. The van der Waals surface area contributed by atoms with Crippen molar-refractivity contribution in [3.63, 3.8) is 0 Å². The summed E-state index contributed by atoms with van der Waals surface area (Å²) >= 11 is 5.81. The SMILES string of the molecule is O=C(NCCOc1ccc(Cl)cc1)c1ccc(=O)n(-c2ccccc2)n1. The normalized spacial score (nSPS) is 10.3. The van der Waals surface area contributed by atoms with E-state index in [2.05, 4.69) is 10.4 Å². The lowest BCUT2D eigenvalue weighted by atomic mass is 10.3. The van der Waals surface area contributed by atoms with Gasteiger partial charge in [0.15, 0.2) is 0 Å². The van der Waals surface area contributed by atoms with Gasteiger partial charge in [-0.1, -0.05) is 29.8 Å². The molecule has 7 heteroatoms. The molecule has 1 N–H and O–H groups in total. The maximum Gasteiger partial charge on any atom is 0.271 e. The van der Waals surface area contributed by atoms with Crippen LogP contribution in [-0.2, 0) is 0 Å². The van der Waals surface area contributed by atoms with Gasteiger partial charge in [0, 0.05) is 11.1 Å². The van der Waals surface area contributed by atoms with E-state index in [1.165, 1.54) is 16.8 Å². The summed E-state index contributed by atoms with van der Waals surface area (Å²) in [6.07, 6.45) is 0. The van der Waals surface area contributed by atoms with Crippen molar-refractivity contribution in [2.45, 2.75) is 0 Å². The molecule has 1 aromatic heterocycles. The smallest absolute Gasteiger partial charge is 0.271 e.